The molecule has 0 aliphatic carbocycles. The van der Waals surface area contributed by atoms with Crippen LogP contribution in [-0.4, -0.2) is 25.7 Å². The highest BCUT2D eigenvalue weighted by Gasteiger charge is 2.22. The first-order valence-electron chi connectivity index (χ1n) is 6.10. The standard InChI is InChI=1S/C12H21N3O3S/c1-3-12(16,4-2)8-15-11-7-9(19(14,17)18)5-6-10(11)13/h5-7,15-16H,3-4,8,13H2,1-2H3,(H2,14,17,18). The van der Waals surface area contributed by atoms with Gasteiger partial charge in [0.2, 0.25) is 10.0 Å². The lowest BCUT2D eigenvalue weighted by Crippen LogP contribution is -2.35. The molecule has 0 saturated carbocycles. The van der Waals surface area contributed by atoms with E-state index in [0.717, 1.165) is 0 Å². The summed E-state index contributed by atoms with van der Waals surface area (Å²) in [5, 5.41) is 18.2. The van der Waals surface area contributed by atoms with E-state index < -0.39 is 15.6 Å². The fraction of sp³-hybridized carbons (Fsp3) is 0.500. The minimum Gasteiger partial charge on any atom is -0.397 e. The summed E-state index contributed by atoms with van der Waals surface area (Å²) in [4.78, 5) is -0.0132. The van der Waals surface area contributed by atoms with Crippen LogP contribution in [0.2, 0.25) is 0 Å². The van der Waals surface area contributed by atoms with Gasteiger partial charge in [-0.3, -0.25) is 0 Å². The van der Waals surface area contributed by atoms with Crippen LogP contribution in [0.4, 0.5) is 11.4 Å². The van der Waals surface area contributed by atoms with Crippen molar-refractivity contribution < 1.29 is 13.5 Å². The Bertz CT molecular complexity index is 539. The van der Waals surface area contributed by atoms with Crippen LogP contribution in [0.15, 0.2) is 23.1 Å². The first kappa shape index (κ1) is 15.7. The summed E-state index contributed by atoms with van der Waals surface area (Å²) in [6, 6.07) is 4.19. The largest absolute Gasteiger partial charge is 0.397 e. The maximum atomic E-state index is 11.3. The molecule has 0 aliphatic rings. The number of anilines is 2. The van der Waals surface area contributed by atoms with Crippen molar-refractivity contribution in [3.63, 3.8) is 0 Å². The Morgan fingerprint density at radius 2 is 1.89 bits per heavy atom. The summed E-state index contributed by atoms with van der Waals surface area (Å²) in [6.45, 7) is 4.06. The molecule has 6 N–H and O–H groups in total. The maximum absolute atomic E-state index is 11.3. The van der Waals surface area contributed by atoms with E-state index in [1.165, 1.54) is 18.2 Å². The highest BCUT2D eigenvalue weighted by molar-refractivity contribution is 7.89. The maximum Gasteiger partial charge on any atom is 0.238 e. The normalized spacial score (nSPS) is 12.4. The molecule has 0 saturated heterocycles. The fourth-order valence-electron chi connectivity index (χ4n) is 1.63. The minimum absolute atomic E-state index is 0.0132. The van der Waals surface area contributed by atoms with Gasteiger partial charge in [0.1, 0.15) is 0 Å². The van der Waals surface area contributed by atoms with Gasteiger partial charge in [-0.1, -0.05) is 13.8 Å². The lowest BCUT2D eigenvalue weighted by Gasteiger charge is -2.26. The van der Waals surface area contributed by atoms with Gasteiger partial charge in [-0.25, -0.2) is 13.6 Å². The highest BCUT2D eigenvalue weighted by atomic mass is 32.2. The number of sulfonamides is 1. The molecule has 0 fully saturated rings. The van der Waals surface area contributed by atoms with Gasteiger partial charge in [-0.2, -0.15) is 0 Å². The predicted octanol–water partition coefficient (Wildman–Crippen LogP) is 0.879. The zero-order valence-corrected chi connectivity index (χ0v) is 12.0. The third kappa shape index (κ3) is 4.09. The zero-order chi connectivity index (χ0) is 14.7. The monoisotopic (exact) mass is 287 g/mol. The number of hydrogen-bond donors (Lipinski definition) is 4. The Morgan fingerprint density at radius 3 is 2.37 bits per heavy atom. The summed E-state index contributed by atoms with van der Waals surface area (Å²) < 4.78 is 22.5. The van der Waals surface area contributed by atoms with Gasteiger partial charge in [0.15, 0.2) is 0 Å². The molecule has 6 nitrogen and oxygen atoms in total. The quantitative estimate of drug-likeness (QED) is 0.579. The summed E-state index contributed by atoms with van der Waals surface area (Å²) >= 11 is 0. The number of rotatable bonds is 6. The zero-order valence-electron chi connectivity index (χ0n) is 11.2. The van der Waals surface area contributed by atoms with Gasteiger partial charge in [-0.15, -0.1) is 0 Å². The van der Waals surface area contributed by atoms with E-state index in [4.69, 9.17) is 10.9 Å². The van der Waals surface area contributed by atoms with Gasteiger partial charge in [0, 0.05) is 6.54 Å². The van der Waals surface area contributed by atoms with Gasteiger partial charge in [-0.05, 0) is 31.0 Å². The van der Waals surface area contributed by atoms with Crippen LogP contribution >= 0.6 is 0 Å². The molecule has 0 radical (unpaired) electrons. The van der Waals surface area contributed by atoms with Crippen LogP contribution in [0.5, 0.6) is 0 Å². The number of primary sulfonamides is 1. The first-order valence-corrected chi connectivity index (χ1v) is 7.65. The van der Waals surface area contributed by atoms with Crippen molar-refractivity contribution in [2.75, 3.05) is 17.6 Å². The van der Waals surface area contributed by atoms with Crippen molar-refractivity contribution in [2.24, 2.45) is 5.14 Å². The summed E-state index contributed by atoms with van der Waals surface area (Å²) in [5.74, 6) is 0. The van der Waals surface area contributed by atoms with E-state index >= 15 is 0 Å². The van der Waals surface area contributed by atoms with E-state index in [2.05, 4.69) is 5.32 Å². The molecule has 0 aliphatic heterocycles. The van der Waals surface area contributed by atoms with Crippen molar-refractivity contribution in [3.8, 4) is 0 Å². The third-order valence-electron chi connectivity index (χ3n) is 3.28. The van der Waals surface area contributed by atoms with E-state index in [9.17, 15) is 13.5 Å². The molecule has 0 heterocycles. The number of nitrogens with two attached hydrogens (primary N) is 2. The van der Waals surface area contributed by atoms with Gasteiger partial charge < -0.3 is 16.2 Å². The lowest BCUT2D eigenvalue weighted by atomic mass is 9.97. The van der Waals surface area contributed by atoms with Crippen molar-refractivity contribution in [2.45, 2.75) is 37.2 Å². The second-order valence-electron chi connectivity index (χ2n) is 4.58. The number of aliphatic hydroxyl groups is 1. The molecule has 1 rings (SSSR count). The van der Waals surface area contributed by atoms with E-state index in [1.54, 1.807) is 0 Å². The van der Waals surface area contributed by atoms with E-state index in [-0.39, 0.29) is 11.4 Å². The SMILES string of the molecule is CCC(O)(CC)CNc1cc(S(N)(=O)=O)ccc1N. The van der Waals surface area contributed by atoms with Crippen molar-refractivity contribution >= 4 is 21.4 Å². The van der Waals surface area contributed by atoms with Gasteiger partial charge >= 0.3 is 0 Å². The molecular weight excluding hydrogens is 266 g/mol. The summed E-state index contributed by atoms with van der Waals surface area (Å²) in [6.07, 6.45) is 1.18. The smallest absolute Gasteiger partial charge is 0.238 e. The molecule has 19 heavy (non-hydrogen) atoms. The Balaban J connectivity index is 2.96. The Kier molecular flexibility index (Phi) is 4.78. The van der Waals surface area contributed by atoms with Crippen LogP contribution < -0.4 is 16.2 Å². The first-order chi connectivity index (χ1) is 8.72. The van der Waals surface area contributed by atoms with Crippen LogP contribution in [0, 0.1) is 0 Å². The minimum atomic E-state index is -3.77. The molecule has 0 amide bonds. The fourth-order valence-corrected chi connectivity index (χ4v) is 2.17. The molecule has 108 valence electrons. The summed E-state index contributed by atoms with van der Waals surface area (Å²) in [7, 11) is -3.77. The molecule has 1 aromatic carbocycles. The molecule has 7 heteroatoms. The lowest BCUT2D eigenvalue weighted by molar-refractivity contribution is 0.0457. The molecular formula is C12H21N3O3S. The molecule has 0 aromatic heterocycles. The predicted molar refractivity (Wildman–Crippen MR) is 76.2 cm³/mol. The average Bonchev–Trinajstić information content (AvgIpc) is 2.36. The van der Waals surface area contributed by atoms with E-state index in [1.807, 2.05) is 13.8 Å². The second kappa shape index (κ2) is 5.77. The number of hydrogen-bond acceptors (Lipinski definition) is 5. The Labute approximate surface area is 113 Å². The molecule has 0 spiro atoms. The van der Waals surface area contributed by atoms with Crippen LogP contribution in [0.3, 0.4) is 0 Å². The van der Waals surface area contributed by atoms with Crippen LogP contribution in [0.1, 0.15) is 26.7 Å². The van der Waals surface area contributed by atoms with Gasteiger partial charge in [0.05, 0.1) is 21.9 Å². The second-order valence-corrected chi connectivity index (χ2v) is 6.14. The topological polar surface area (TPSA) is 118 Å². The molecule has 0 unspecified atom stereocenters. The Hall–Kier alpha value is -1.31. The Morgan fingerprint density at radius 1 is 1.32 bits per heavy atom. The van der Waals surface area contributed by atoms with Crippen LogP contribution in [0.25, 0.3) is 0 Å². The number of nitrogen functional groups attached to an aromatic ring is 1. The molecule has 0 bridgehead atoms. The van der Waals surface area contributed by atoms with Crippen molar-refractivity contribution in [1.82, 2.24) is 0 Å². The summed E-state index contributed by atoms with van der Waals surface area (Å²) in [5.41, 5.74) is 5.78. The number of benzene rings is 1. The average molecular weight is 287 g/mol. The van der Waals surface area contributed by atoms with Crippen molar-refractivity contribution in [1.29, 1.82) is 0 Å². The van der Waals surface area contributed by atoms with Crippen LogP contribution in [-0.2, 0) is 10.0 Å². The van der Waals surface area contributed by atoms with E-state index in [0.29, 0.717) is 24.2 Å². The molecule has 1 aromatic rings. The highest BCUT2D eigenvalue weighted by Crippen LogP contribution is 2.24. The van der Waals surface area contributed by atoms with Crippen molar-refractivity contribution in [3.05, 3.63) is 18.2 Å². The van der Waals surface area contributed by atoms with Gasteiger partial charge in [0.25, 0.3) is 0 Å². The number of nitrogens with one attached hydrogen (secondary N) is 1. The molecule has 0 atom stereocenters. The third-order valence-corrected chi connectivity index (χ3v) is 4.19.